The van der Waals surface area contributed by atoms with Crippen molar-refractivity contribution in [2.75, 3.05) is 12.3 Å². The minimum Gasteiger partial charge on any atom is -0.353 e. The van der Waals surface area contributed by atoms with Crippen LogP contribution in [0.1, 0.15) is 33.6 Å². The van der Waals surface area contributed by atoms with Crippen molar-refractivity contribution < 1.29 is 4.79 Å². The zero-order valence-electron chi connectivity index (χ0n) is 9.88. The first-order valence-electron chi connectivity index (χ1n) is 5.62. The molecule has 0 radical (unpaired) electrons. The van der Waals surface area contributed by atoms with Crippen LogP contribution in [0.2, 0.25) is 0 Å². The minimum absolute atomic E-state index is 0.0151. The first-order valence-corrected chi connectivity index (χ1v) is 6.60. The molecule has 0 saturated carbocycles. The van der Waals surface area contributed by atoms with E-state index >= 15 is 0 Å². The predicted octanol–water partition coefficient (Wildman–Crippen LogP) is 1.37. The Kier molecular flexibility index (Phi) is 4.46. The van der Waals surface area contributed by atoms with Gasteiger partial charge in [0.15, 0.2) is 0 Å². The van der Waals surface area contributed by atoms with Crippen LogP contribution in [0.25, 0.3) is 0 Å². The molecule has 1 rings (SSSR count). The Morgan fingerprint density at radius 3 is 2.73 bits per heavy atom. The summed E-state index contributed by atoms with van der Waals surface area (Å²) >= 11 is 1.95. The van der Waals surface area contributed by atoms with Crippen molar-refractivity contribution in [3.05, 3.63) is 0 Å². The third kappa shape index (κ3) is 3.68. The molecule has 2 atom stereocenters. The van der Waals surface area contributed by atoms with Crippen LogP contribution in [0, 0.1) is 5.92 Å². The van der Waals surface area contributed by atoms with Crippen molar-refractivity contribution in [3.63, 3.8) is 0 Å². The zero-order valence-corrected chi connectivity index (χ0v) is 10.7. The van der Waals surface area contributed by atoms with Gasteiger partial charge >= 0.3 is 0 Å². The van der Waals surface area contributed by atoms with Gasteiger partial charge in [-0.15, -0.1) is 0 Å². The summed E-state index contributed by atoms with van der Waals surface area (Å²) in [5.74, 6) is 1.40. The number of nitrogens with one attached hydrogen (secondary N) is 1. The first kappa shape index (κ1) is 12.8. The lowest BCUT2D eigenvalue weighted by Gasteiger charge is -2.24. The second-order valence-electron chi connectivity index (χ2n) is 4.89. The smallest absolute Gasteiger partial charge is 0.237 e. The largest absolute Gasteiger partial charge is 0.353 e. The maximum Gasteiger partial charge on any atom is 0.237 e. The number of hydrogen-bond acceptors (Lipinski definition) is 3. The number of hydrogen-bond donors (Lipinski definition) is 2. The van der Waals surface area contributed by atoms with Crippen molar-refractivity contribution in [2.45, 2.75) is 44.4 Å². The normalized spacial score (nSPS) is 28.1. The molecule has 88 valence electrons. The Labute approximate surface area is 96.6 Å². The summed E-state index contributed by atoms with van der Waals surface area (Å²) in [4.78, 5) is 11.6. The highest BCUT2D eigenvalue weighted by atomic mass is 32.2. The topological polar surface area (TPSA) is 55.1 Å². The molecule has 0 aliphatic carbocycles. The number of carbonyl (C=O) groups excluding carboxylic acids is 1. The molecule has 0 spiro atoms. The molecule has 0 aromatic heterocycles. The van der Waals surface area contributed by atoms with Crippen LogP contribution in [0.4, 0.5) is 0 Å². The lowest BCUT2D eigenvalue weighted by molar-refractivity contribution is -0.123. The molecule has 1 aliphatic heterocycles. The molecular formula is C11H22N2OS. The monoisotopic (exact) mass is 230 g/mol. The molecule has 0 aromatic rings. The van der Waals surface area contributed by atoms with Gasteiger partial charge in [0, 0.05) is 11.3 Å². The van der Waals surface area contributed by atoms with Crippen molar-refractivity contribution >= 4 is 17.7 Å². The average molecular weight is 230 g/mol. The Morgan fingerprint density at radius 1 is 1.60 bits per heavy atom. The van der Waals surface area contributed by atoms with Gasteiger partial charge in [-0.05, 0) is 31.4 Å². The van der Waals surface area contributed by atoms with E-state index in [1.54, 1.807) is 0 Å². The Morgan fingerprint density at radius 2 is 2.27 bits per heavy atom. The van der Waals surface area contributed by atoms with Crippen molar-refractivity contribution in [1.82, 2.24) is 5.32 Å². The highest BCUT2D eigenvalue weighted by molar-refractivity contribution is 8.00. The van der Waals surface area contributed by atoms with E-state index in [0.717, 1.165) is 6.54 Å². The van der Waals surface area contributed by atoms with Gasteiger partial charge in [-0.1, -0.05) is 13.8 Å². The maximum atomic E-state index is 11.6. The average Bonchev–Trinajstić information content (AvgIpc) is 2.61. The Balaban J connectivity index is 2.33. The van der Waals surface area contributed by atoms with Gasteiger partial charge in [0.05, 0.1) is 6.04 Å². The third-order valence-corrected chi connectivity index (χ3v) is 4.50. The quantitative estimate of drug-likeness (QED) is 0.767. The van der Waals surface area contributed by atoms with Crippen LogP contribution in [-0.2, 0) is 4.79 Å². The summed E-state index contributed by atoms with van der Waals surface area (Å²) in [7, 11) is 0. The molecule has 0 bridgehead atoms. The summed E-state index contributed by atoms with van der Waals surface area (Å²) in [5.41, 5.74) is 5.77. The molecule has 15 heavy (non-hydrogen) atoms. The van der Waals surface area contributed by atoms with Gasteiger partial charge in [-0.2, -0.15) is 11.8 Å². The number of amides is 1. The van der Waals surface area contributed by atoms with Crippen LogP contribution in [-0.4, -0.2) is 29.0 Å². The molecule has 1 saturated heterocycles. The van der Waals surface area contributed by atoms with E-state index in [-0.39, 0.29) is 22.6 Å². The summed E-state index contributed by atoms with van der Waals surface area (Å²) in [6, 6.07) is -0.375. The summed E-state index contributed by atoms with van der Waals surface area (Å²) < 4.78 is 0.229. The number of thioether (sulfide) groups is 1. The molecule has 4 heteroatoms. The number of rotatable bonds is 4. The fraction of sp³-hybridized carbons (Fsp3) is 0.909. The zero-order chi connectivity index (χ0) is 11.5. The standard InChI is InChI=1S/C11H22N2OS/c1-8(2)9(12)10(14)13-7-11(3)5-4-6-15-11/h8-9H,4-7,12H2,1-3H3,(H,13,14). The molecule has 1 amide bonds. The Hall–Kier alpha value is -0.220. The lowest BCUT2D eigenvalue weighted by atomic mass is 10.0. The van der Waals surface area contributed by atoms with E-state index in [1.165, 1.54) is 18.6 Å². The molecule has 3 nitrogen and oxygen atoms in total. The van der Waals surface area contributed by atoms with Gasteiger partial charge in [0.25, 0.3) is 0 Å². The Bertz CT molecular complexity index is 225. The van der Waals surface area contributed by atoms with Crippen molar-refractivity contribution in [1.29, 1.82) is 0 Å². The summed E-state index contributed by atoms with van der Waals surface area (Å²) in [5, 5.41) is 2.96. The van der Waals surface area contributed by atoms with Gasteiger partial charge in [-0.25, -0.2) is 0 Å². The van der Waals surface area contributed by atoms with E-state index in [1.807, 2.05) is 25.6 Å². The first-order chi connectivity index (χ1) is 6.94. The van der Waals surface area contributed by atoms with Crippen LogP contribution < -0.4 is 11.1 Å². The van der Waals surface area contributed by atoms with E-state index in [2.05, 4.69) is 12.2 Å². The van der Waals surface area contributed by atoms with E-state index in [9.17, 15) is 4.79 Å². The third-order valence-electron chi connectivity index (χ3n) is 2.96. The van der Waals surface area contributed by atoms with Crippen LogP contribution in [0.15, 0.2) is 0 Å². The minimum atomic E-state index is -0.375. The van der Waals surface area contributed by atoms with E-state index in [4.69, 9.17) is 5.73 Å². The van der Waals surface area contributed by atoms with Crippen molar-refractivity contribution in [2.24, 2.45) is 11.7 Å². The summed E-state index contributed by atoms with van der Waals surface area (Å²) in [6.45, 7) is 6.90. The second-order valence-corrected chi connectivity index (χ2v) is 6.57. The van der Waals surface area contributed by atoms with E-state index < -0.39 is 0 Å². The molecule has 0 aromatic carbocycles. The maximum absolute atomic E-state index is 11.6. The number of nitrogens with two attached hydrogens (primary N) is 1. The fourth-order valence-corrected chi connectivity index (χ4v) is 2.92. The van der Waals surface area contributed by atoms with Gasteiger partial charge in [0.1, 0.15) is 0 Å². The van der Waals surface area contributed by atoms with Crippen LogP contribution in [0.3, 0.4) is 0 Å². The fourth-order valence-electron chi connectivity index (χ4n) is 1.67. The second kappa shape index (κ2) is 5.21. The summed E-state index contributed by atoms with van der Waals surface area (Å²) in [6.07, 6.45) is 2.45. The van der Waals surface area contributed by atoms with Crippen LogP contribution >= 0.6 is 11.8 Å². The predicted molar refractivity (Wildman–Crippen MR) is 65.9 cm³/mol. The van der Waals surface area contributed by atoms with Crippen molar-refractivity contribution in [3.8, 4) is 0 Å². The molecule has 1 aliphatic rings. The van der Waals surface area contributed by atoms with Crippen LogP contribution in [0.5, 0.6) is 0 Å². The molecule has 2 unspecified atom stereocenters. The van der Waals surface area contributed by atoms with E-state index in [0.29, 0.717) is 0 Å². The molecule has 1 fully saturated rings. The molecular weight excluding hydrogens is 208 g/mol. The lowest BCUT2D eigenvalue weighted by Crippen LogP contribution is -2.47. The molecule has 3 N–H and O–H groups in total. The van der Waals surface area contributed by atoms with Gasteiger partial charge in [0.2, 0.25) is 5.91 Å². The van der Waals surface area contributed by atoms with Gasteiger partial charge < -0.3 is 11.1 Å². The van der Waals surface area contributed by atoms with Gasteiger partial charge in [-0.3, -0.25) is 4.79 Å². The molecule has 1 heterocycles. The highest BCUT2D eigenvalue weighted by Crippen LogP contribution is 2.36. The highest BCUT2D eigenvalue weighted by Gasteiger charge is 2.30. The SMILES string of the molecule is CC(C)C(N)C(=O)NCC1(C)CCCS1. The number of carbonyl (C=O) groups is 1.